The molecule has 0 aromatic carbocycles. The summed E-state index contributed by atoms with van der Waals surface area (Å²) in [6.45, 7) is 0.672. The number of rotatable bonds is 6. The lowest BCUT2D eigenvalue weighted by atomic mass is 10.0. The van der Waals surface area contributed by atoms with Crippen LogP contribution in [0.15, 0.2) is 11.4 Å². The summed E-state index contributed by atoms with van der Waals surface area (Å²) >= 11 is 0. The fourth-order valence-electron chi connectivity index (χ4n) is 1.19. The van der Waals surface area contributed by atoms with Crippen molar-refractivity contribution >= 4 is 11.9 Å². The second-order valence-electron chi connectivity index (χ2n) is 3.78. The molecular formula is C11H10F8O4. The third-order valence-electron chi connectivity index (χ3n) is 2.22. The Morgan fingerprint density at radius 1 is 0.826 bits per heavy atom. The normalized spacial score (nSPS) is 14.2. The van der Waals surface area contributed by atoms with Gasteiger partial charge in [0.05, 0.1) is 13.2 Å². The molecule has 0 aliphatic carbocycles. The molecule has 0 spiro atoms. The van der Waals surface area contributed by atoms with Crippen molar-refractivity contribution in [2.75, 3.05) is 13.2 Å². The minimum atomic E-state index is -6.84. The molecule has 0 saturated heterocycles. The molecule has 0 amide bonds. The molecule has 0 aliphatic rings. The smallest absolute Gasteiger partial charge is 0.460 e. The third kappa shape index (κ3) is 4.10. The Balaban J connectivity index is 6.32. The molecule has 0 unspecified atom stereocenters. The molecule has 0 saturated carbocycles. The average Bonchev–Trinajstić information content (AvgIpc) is 2.37. The fourth-order valence-corrected chi connectivity index (χ4v) is 1.19. The summed E-state index contributed by atoms with van der Waals surface area (Å²) in [5.41, 5.74) is -3.07. The molecule has 0 heterocycles. The molecule has 12 heteroatoms. The first-order valence-corrected chi connectivity index (χ1v) is 5.82. The number of halogens is 8. The van der Waals surface area contributed by atoms with Crippen LogP contribution in [0.2, 0.25) is 0 Å². The summed E-state index contributed by atoms with van der Waals surface area (Å²) in [7, 11) is 0. The van der Waals surface area contributed by atoms with Crippen LogP contribution in [0, 0.1) is 0 Å². The zero-order chi connectivity index (χ0) is 18.6. The Labute approximate surface area is 124 Å². The van der Waals surface area contributed by atoms with Crippen molar-refractivity contribution in [1.29, 1.82) is 0 Å². The van der Waals surface area contributed by atoms with Crippen LogP contribution < -0.4 is 0 Å². The highest BCUT2D eigenvalue weighted by molar-refractivity contribution is 6.00. The molecule has 4 nitrogen and oxygen atoms in total. The molecule has 0 radical (unpaired) electrons. The van der Waals surface area contributed by atoms with Crippen molar-refractivity contribution in [3.63, 3.8) is 0 Å². The number of hydrogen-bond donors (Lipinski definition) is 0. The Morgan fingerprint density at radius 2 is 1.22 bits per heavy atom. The van der Waals surface area contributed by atoms with E-state index < -0.39 is 54.6 Å². The lowest BCUT2D eigenvalue weighted by Gasteiger charge is -2.29. The SMILES string of the molecule is CCOC(=O)/C(F)=C(/C(=O)OCC)C(F)(F)C(F)(F)C(F)(F)F. The first-order valence-electron chi connectivity index (χ1n) is 5.82. The van der Waals surface area contributed by atoms with Crippen LogP contribution in [-0.4, -0.2) is 43.2 Å². The van der Waals surface area contributed by atoms with Gasteiger partial charge in [0, 0.05) is 0 Å². The van der Waals surface area contributed by atoms with Crippen LogP contribution in [0.4, 0.5) is 35.1 Å². The Kier molecular flexibility index (Phi) is 6.55. The van der Waals surface area contributed by atoms with E-state index in [2.05, 4.69) is 9.47 Å². The van der Waals surface area contributed by atoms with Crippen molar-refractivity contribution < 1.29 is 54.2 Å². The standard InChI is InChI=1S/C11H10F8O4/c1-3-22-7(20)5(6(12)8(21)23-4-2)9(13,14)10(15,16)11(17,18)19/h3-4H2,1-2H3/b6-5+. The van der Waals surface area contributed by atoms with Gasteiger partial charge < -0.3 is 9.47 Å². The summed E-state index contributed by atoms with van der Waals surface area (Å²) in [5.74, 6) is -21.0. The third-order valence-corrected chi connectivity index (χ3v) is 2.22. The number of esters is 2. The summed E-state index contributed by atoms with van der Waals surface area (Å²) < 4.78 is 110. The molecular weight excluding hydrogens is 348 g/mol. The van der Waals surface area contributed by atoms with Gasteiger partial charge in [0.1, 0.15) is 0 Å². The quantitative estimate of drug-likeness (QED) is 0.416. The average molecular weight is 358 g/mol. The van der Waals surface area contributed by atoms with Gasteiger partial charge in [-0.15, -0.1) is 0 Å². The molecule has 0 aromatic heterocycles. The monoisotopic (exact) mass is 358 g/mol. The molecule has 0 atom stereocenters. The van der Waals surface area contributed by atoms with Crippen LogP contribution in [0.5, 0.6) is 0 Å². The van der Waals surface area contributed by atoms with Gasteiger partial charge in [-0.3, -0.25) is 0 Å². The van der Waals surface area contributed by atoms with Crippen LogP contribution in [-0.2, 0) is 19.1 Å². The van der Waals surface area contributed by atoms with E-state index in [0.29, 0.717) is 0 Å². The van der Waals surface area contributed by atoms with Gasteiger partial charge in [0.25, 0.3) is 0 Å². The Morgan fingerprint density at radius 3 is 1.57 bits per heavy atom. The summed E-state index contributed by atoms with van der Waals surface area (Å²) in [4.78, 5) is 22.2. The Hall–Kier alpha value is -1.88. The van der Waals surface area contributed by atoms with E-state index in [9.17, 15) is 44.7 Å². The van der Waals surface area contributed by atoms with E-state index in [1.165, 1.54) is 0 Å². The zero-order valence-corrected chi connectivity index (χ0v) is 11.6. The zero-order valence-electron chi connectivity index (χ0n) is 11.6. The second kappa shape index (κ2) is 7.13. The Bertz CT molecular complexity index is 495. The number of carbonyl (C=O) groups is 2. The first kappa shape index (κ1) is 21.1. The molecule has 0 aliphatic heterocycles. The van der Waals surface area contributed by atoms with Crippen molar-refractivity contribution in [2.45, 2.75) is 31.9 Å². The second-order valence-corrected chi connectivity index (χ2v) is 3.78. The van der Waals surface area contributed by atoms with Crippen LogP contribution in [0.25, 0.3) is 0 Å². The number of hydrogen-bond acceptors (Lipinski definition) is 4. The van der Waals surface area contributed by atoms with E-state index in [4.69, 9.17) is 0 Å². The number of carbonyl (C=O) groups excluding carboxylic acids is 2. The fraction of sp³-hybridized carbons (Fsp3) is 0.636. The number of ether oxygens (including phenoxy) is 2. The predicted octanol–water partition coefficient (Wildman–Crippen LogP) is 3.17. The van der Waals surface area contributed by atoms with Crippen LogP contribution >= 0.6 is 0 Å². The lowest BCUT2D eigenvalue weighted by Crippen LogP contribution is -2.54. The van der Waals surface area contributed by atoms with Gasteiger partial charge >= 0.3 is 30.0 Å². The first-order chi connectivity index (χ1) is 10.3. The summed E-state index contributed by atoms with van der Waals surface area (Å²) in [5, 5.41) is 0. The van der Waals surface area contributed by atoms with Crippen molar-refractivity contribution in [3.05, 3.63) is 11.4 Å². The summed E-state index contributed by atoms with van der Waals surface area (Å²) in [6, 6.07) is 0. The van der Waals surface area contributed by atoms with E-state index in [1.54, 1.807) is 0 Å². The van der Waals surface area contributed by atoms with Gasteiger partial charge in [-0.2, -0.15) is 35.1 Å². The number of alkyl halides is 7. The van der Waals surface area contributed by atoms with Crippen molar-refractivity contribution in [3.8, 4) is 0 Å². The minimum Gasteiger partial charge on any atom is -0.462 e. The minimum absolute atomic E-state index is 0.621. The topological polar surface area (TPSA) is 52.6 Å². The van der Waals surface area contributed by atoms with Crippen LogP contribution in [0.3, 0.4) is 0 Å². The van der Waals surface area contributed by atoms with Crippen LogP contribution in [0.1, 0.15) is 13.8 Å². The highest BCUT2D eigenvalue weighted by atomic mass is 19.4. The summed E-state index contributed by atoms with van der Waals surface area (Å²) in [6.07, 6.45) is -6.83. The van der Waals surface area contributed by atoms with Gasteiger partial charge in [0.15, 0.2) is 5.57 Å². The van der Waals surface area contributed by atoms with Gasteiger partial charge in [-0.25, -0.2) is 9.59 Å². The molecule has 134 valence electrons. The molecule has 0 fully saturated rings. The van der Waals surface area contributed by atoms with E-state index in [0.717, 1.165) is 13.8 Å². The van der Waals surface area contributed by atoms with Gasteiger partial charge in [0.2, 0.25) is 5.83 Å². The van der Waals surface area contributed by atoms with E-state index in [-0.39, 0.29) is 0 Å². The molecule has 23 heavy (non-hydrogen) atoms. The van der Waals surface area contributed by atoms with Gasteiger partial charge in [-0.1, -0.05) is 0 Å². The van der Waals surface area contributed by atoms with E-state index in [1.807, 2.05) is 0 Å². The molecule has 0 rings (SSSR count). The maximum absolute atomic E-state index is 13.6. The van der Waals surface area contributed by atoms with E-state index >= 15 is 0 Å². The highest BCUT2D eigenvalue weighted by Crippen LogP contribution is 2.50. The van der Waals surface area contributed by atoms with Gasteiger partial charge in [-0.05, 0) is 13.8 Å². The van der Waals surface area contributed by atoms with Crippen molar-refractivity contribution in [2.24, 2.45) is 0 Å². The maximum atomic E-state index is 13.6. The molecule has 0 aromatic rings. The maximum Gasteiger partial charge on any atom is 0.460 e. The van der Waals surface area contributed by atoms with Crippen molar-refractivity contribution in [1.82, 2.24) is 0 Å². The predicted molar refractivity (Wildman–Crippen MR) is 57.3 cm³/mol. The molecule has 0 bridgehead atoms. The highest BCUT2D eigenvalue weighted by Gasteiger charge is 2.76. The lowest BCUT2D eigenvalue weighted by molar-refractivity contribution is -0.344. The molecule has 0 N–H and O–H groups in total. The largest absolute Gasteiger partial charge is 0.462 e.